The summed E-state index contributed by atoms with van der Waals surface area (Å²) >= 11 is 0. The predicted molar refractivity (Wildman–Crippen MR) is 122 cm³/mol. The van der Waals surface area contributed by atoms with Crippen molar-refractivity contribution in [2.24, 2.45) is 0 Å². The number of nitrogens with zero attached hydrogens (tertiary/aromatic N) is 4. The smallest absolute Gasteiger partial charge is 0.273 e. The van der Waals surface area contributed by atoms with E-state index in [1.54, 1.807) is 0 Å². The molecule has 7 heteroatoms. The number of likely N-dealkylation sites (N-methyl/N-ethyl adjacent to an activating group) is 1. The Hall–Kier alpha value is -2.67. The first-order chi connectivity index (χ1) is 14.3. The van der Waals surface area contributed by atoms with Crippen LogP contribution in [0.1, 0.15) is 46.6 Å². The SMILES string of the molecule is Cc1ccc(CCNc2nc(NCCN(C)C)nc3c2CN(C(C)C)C3=O)c(C)c1. The normalized spacial score (nSPS) is 13.3. The molecule has 0 saturated heterocycles. The number of aromatic nitrogens is 2. The Morgan fingerprint density at radius 2 is 1.90 bits per heavy atom. The highest BCUT2D eigenvalue weighted by atomic mass is 16.2. The Bertz CT molecular complexity index is 909. The number of nitrogens with one attached hydrogen (secondary N) is 2. The van der Waals surface area contributed by atoms with Crippen molar-refractivity contribution in [2.75, 3.05) is 44.4 Å². The average Bonchev–Trinajstić information content (AvgIpc) is 3.00. The van der Waals surface area contributed by atoms with Gasteiger partial charge in [0.05, 0.1) is 6.54 Å². The Labute approximate surface area is 179 Å². The Morgan fingerprint density at radius 3 is 2.57 bits per heavy atom. The van der Waals surface area contributed by atoms with E-state index in [9.17, 15) is 4.79 Å². The first-order valence-corrected chi connectivity index (χ1v) is 10.7. The molecule has 3 rings (SSSR count). The number of hydrogen-bond donors (Lipinski definition) is 2. The molecule has 0 aliphatic carbocycles. The van der Waals surface area contributed by atoms with Gasteiger partial charge in [0.15, 0.2) is 0 Å². The summed E-state index contributed by atoms with van der Waals surface area (Å²) in [6.45, 7) is 11.2. The van der Waals surface area contributed by atoms with Gasteiger partial charge in [0, 0.05) is 31.2 Å². The predicted octanol–water partition coefficient (Wildman–Crippen LogP) is 3.09. The second-order valence-electron chi connectivity index (χ2n) is 8.59. The molecule has 1 amide bonds. The van der Waals surface area contributed by atoms with Crippen LogP contribution in [-0.4, -0.2) is 65.4 Å². The Morgan fingerprint density at radius 1 is 1.13 bits per heavy atom. The lowest BCUT2D eigenvalue weighted by Crippen LogP contribution is -2.31. The van der Waals surface area contributed by atoms with Gasteiger partial charge in [-0.1, -0.05) is 23.8 Å². The summed E-state index contributed by atoms with van der Waals surface area (Å²) in [7, 11) is 4.05. The molecule has 162 valence electrons. The maximum Gasteiger partial charge on any atom is 0.273 e. The number of anilines is 2. The van der Waals surface area contributed by atoms with Crippen LogP contribution in [0.3, 0.4) is 0 Å². The molecule has 0 fully saturated rings. The van der Waals surface area contributed by atoms with Crippen LogP contribution in [0.15, 0.2) is 18.2 Å². The van der Waals surface area contributed by atoms with Crippen LogP contribution in [0.4, 0.5) is 11.8 Å². The van der Waals surface area contributed by atoms with Crippen LogP contribution in [0.2, 0.25) is 0 Å². The molecule has 0 saturated carbocycles. The summed E-state index contributed by atoms with van der Waals surface area (Å²) in [4.78, 5) is 26.1. The van der Waals surface area contributed by atoms with Gasteiger partial charge in [-0.2, -0.15) is 4.98 Å². The molecule has 30 heavy (non-hydrogen) atoms. The van der Waals surface area contributed by atoms with Crippen molar-refractivity contribution in [3.8, 4) is 0 Å². The van der Waals surface area contributed by atoms with Crippen LogP contribution in [0, 0.1) is 13.8 Å². The number of benzene rings is 1. The van der Waals surface area contributed by atoms with E-state index >= 15 is 0 Å². The minimum atomic E-state index is -0.0181. The molecule has 2 N–H and O–H groups in total. The van der Waals surface area contributed by atoms with Crippen molar-refractivity contribution in [1.29, 1.82) is 0 Å². The van der Waals surface area contributed by atoms with Gasteiger partial charge in [0.25, 0.3) is 5.91 Å². The van der Waals surface area contributed by atoms with Crippen molar-refractivity contribution in [3.63, 3.8) is 0 Å². The van der Waals surface area contributed by atoms with E-state index in [2.05, 4.69) is 52.6 Å². The summed E-state index contributed by atoms with van der Waals surface area (Å²) in [5.41, 5.74) is 5.31. The first kappa shape index (κ1) is 22.0. The number of aryl methyl sites for hydroxylation is 2. The first-order valence-electron chi connectivity index (χ1n) is 10.7. The maximum absolute atomic E-state index is 12.9. The van der Waals surface area contributed by atoms with E-state index in [0.717, 1.165) is 37.4 Å². The van der Waals surface area contributed by atoms with Gasteiger partial charge >= 0.3 is 0 Å². The highest BCUT2D eigenvalue weighted by molar-refractivity contribution is 5.98. The van der Waals surface area contributed by atoms with Crippen LogP contribution >= 0.6 is 0 Å². The van der Waals surface area contributed by atoms with E-state index in [1.807, 2.05) is 32.8 Å². The number of amides is 1. The highest BCUT2D eigenvalue weighted by Crippen LogP contribution is 2.29. The number of hydrogen-bond acceptors (Lipinski definition) is 6. The van der Waals surface area contributed by atoms with Crippen LogP contribution in [-0.2, 0) is 13.0 Å². The molecular formula is C23H34N6O. The van der Waals surface area contributed by atoms with Gasteiger partial charge in [-0.15, -0.1) is 0 Å². The third kappa shape index (κ3) is 5.08. The zero-order valence-corrected chi connectivity index (χ0v) is 19.0. The number of fused-ring (bicyclic) bond motifs is 1. The van der Waals surface area contributed by atoms with Crippen LogP contribution in [0.5, 0.6) is 0 Å². The number of carbonyl (C=O) groups is 1. The molecule has 1 aromatic heterocycles. The molecule has 0 bridgehead atoms. The van der Waals surface area contributed by atoms with Gasteiger partial charge in [-0.05, 0) is 59.3 Å². The van der Waals surface area contributed by atoms with Gasteiger partial charge in [0.1, 0.15) is 11.5 Å². The molecule has 2 heterocycles. The number of rotatable bonds is 9. The van der Waals surface area contributed by atoms with Gasteiger partial charge in [0.2, 0.25) is 5.95 Å². The minimum absolute atomic E-state index is 0.0181. The monoisotopic (exact) mass is 410 g/mol. The van der Waals surface area contributed by atoms with Gasteiger partial charge in [-0.25, -0.2) is 4.98 Å². The van der Waals surface area contributed by atoms with Crippen molar-refractivity contribution in [1.82, 2.24) is 19.8 Å². The van der Waals surface area contributed by atoms with Crippen molar-refractivity contribution in [2.45, 2.75) is 46.7 Å². The van der Waals surface area contributed by atoms with Crippen molar-refractivity contribution < 1.29 is 4.79 Å². The van der Waals surface area contributed by atoms with Gasteiger partial charge in [-0.3, -0.25) is 4.79 Å². The molecule has 7 nitrogen and oxygen atoms in total. The zero-order chi connectivity index (χ0) is 21.8. The molecular weight excluding hydrogens is 376 g/mol. The second-order valence-corrected chi connectivity index (χ2v) is 8.59. The standard InChI is InChI=1S/C23H34N6O/c1-15(2)29-14-19-20(22(29)30)26-23(25-11-12-28(5)6)27-21(19)24-10-9-18-8-7-16(3)13-17(18)4/h7-8,13,15H,9-12,14H2,1-6H3,(H2,24,25,26,27). The molecule has 1 aromatic carbocycles. The molecule has 0 unspecified atom stereocenters. The number of carbonyl (C=O) groups excluding carboxylic acids is 1. The average molecular weight is 411 g/mol. The third-order valence-electron chi connectivity index (χ3n) is 5.45. The molecule has 1 aliphatic heterocycles. The van der Waals surface area contributed by atoms with Crippen LogP contribution in [0.25, 0.3) is 0 Å². The van der Waals surface area contributed by atoms with Crippen LogP contribution < -0.4 is 10.6 Å². The topological polar surface area (TPSA) is 73.4 Å². The highest BCUT2D eigenvalue weighted by Gasteiger charge is 2.34. The van der Waals surface area contributed by atoms with E-state index < -0.39 is 0 Å². The van der Waals surface area contributed by atoms with Gasteiger partial charge < -0.3 is 20.4 Å². The summed E-state index contributed by atoms with van der Waals surface area (Å²) < 4.78 is 0. The van der Waals surface area contributed by atoms with E-state index in [-0.39, 0.29) is 11.9 Å². The lowest BCUT2D eigenvalue weighted by atomic mass is 10.0. The van der Waals surface area contributed by atoms with Crippen molar-refractivity contribution >= 4 is 17.7 Å². The summed E-state index contributed by atoms with van der Waals surface area (Å²) in [5.74, 6) is 1.24. The molecule has 0 radical (unpaired) electrons. The fourth-order valence-corrected chi connectivity index (χ4v) is 3.66. The largest absolute Gasteiger partial charge is 0.369 e. The Balaban J connectivity index is 1.78. The minimum Gasteiger partial charge on any atom is -0.369 e. The fourth-order valence-electron chi connectivity index (χ4n) is 3.66. The molecule has 2 aromatic rings. The lowest BCUT2D eigenvalue weighted by Gasteiger charge is -2.19. The van der Waals surface area contributed by atoms with E-state index in [1.165, 1.54) is 16.7 Å². The zero-order valence-electron chi connectivity index (χ0n) is 19.0. The van der Waals surface area contributed by atoms with Crippen molar-refractivity contribution in [3.05, 3.63) is 46.1 Å². The molecule has 0 atom stereocenters. The fraction of sp³-hybridized carbons (Fsp3) is 0.522. The quantitative estimate of drug-likeness (QED) is 0.662. The second kappa shape index (κ2) is 9.43. The molecule has 0 spiro atoms. The maximum atomic E-state index is 12.9. The molecule has 1 aliphatic rings. The van der Waals surface area contributed by atoms with E-state index in [0.29, 0.717) is 18.2 Å². The summed E-state index contributed by atoms with van der Waals surface area (Å²) in [6.07, 6.45) is 0.899. The summed E-state index contributed by atoms with van der Waals surface area (Å²) in [6, 6.07) is 6.68. The van der Waals surface area contributed by atoms with E-state index in [4.69, 9.17) is 4.98 Å². The summed E-state index contributed by atoms with van der Waals surface area (Å²) in [5, 5.41) is 6.73. The third-order valence-corrected chi connectivity index (χ3v) is 5.45. The lowest BCUT2D eigenvalue weighted by molar-refractivity contribution is 0.0726. The Kier molecular flexibility index (Phi) is 6.92.